The summed E-state index contributed by atoms with van der Waals surface area (Å²) in [7, 11) is 0.953. The second kappa shape index (κ2) is 5.84. The van der Waals surface area contributed by atoms with Gasteiger partial charge in [0.2, 0.25) is 5.95 Å². The van der Waals surface area contributed by atoms with Crippen LogP contribution in [0.25, 0.3) is 0 Å². The van der Waals surface area contributed by atoms with Gasteiger partial charge in [-0.25, -0.2) is 19.7 Å². The number of aromatic nitrogens is 2. The molecule has 2 rings (SSSR count). The summed E-state index contributed by atoms with van der Waals surface area (Å²) in [4.78, 5) is 21.6. The zero-order chi connectivity index (χ0) is 17.4. The standard InChI is InChI=1S/C15H22BN3O4/c1-10-15(5,6)23-16(22-10)11-8-17-12(18-9-11)19(7)13(20)21-14(2,3)4/h8-9H,1H2,2-7H3. The molecular formula is C15H22BN3O4. The monoisotopic (exact) mass is 319 g/mol. The van der Waals surface area contributed by atoms with Gasteiger partial charge in [-0.1, -0.05) is 6.58 Å². The van der Waals surface area contributed by atoms with Crippen molar-refractivity contribution in [2.45, 2.75) is 45.8 Å². The minimum absolute atomic E-state index is 0.235. The fourth-order valence-electron chi connectivity index (χ4n) is 1.80. The van der Waals surface area contributed by atoms with Gasteiger partial charge < -0.3 is 14.0 Å². The Kier molecular flexibility index (Phi) is 4.39. The molecule has 1 amide bonds. The van der Waals surface area contributed by atoms with Gasteiger partial charge in [-0.15, -0.1) is 0 Å². The van der Waals surface area contributed by atoms with Crippen molar-refractivity contribution >= 4 is 24.6 Å². The van der Waals surface area contributed by atoms with Gasteiger partial charge in [-0.3, -0.25) is 0 Å². The quantitative estimate of drug-likeness (QED) is 0.775. The third kappa shape index (κ3) is 4.01. The van der Waals surface area contributed by atoms with Crippen molar-refractivity contribution in [2.75, 3.05) is 11.9 Å². The molecule has 7 nitrogen and oxygen atoms in total. The lowest BCUT2D eigenvalue weighted by molar-refractivity contribution is 0.0587. The van der Waals surface area contributed by atoms with E-state index in [2.05, 4.69) is 16.5 Å². The summed E-state index contributed by atoms with van der Waals surface area (Å²) in [5.41, 5.74) is -0.488. The van der Waals surface area contributed by atoms with Crippen LogP contribution in [-0.4, -0.2) is 41.4 Å². The van der Waals surface area contributed by atoms with Crippen LogP contribution < -0.4 is 10.4 Å². The van der Waals surface area contributed by atoms with Crippen molar-refractivity contribution in [2.24, 2.45) is 0 Å². The third-order valence-corrected chi connectivity index (χ3v) is 3.22. The van der Waals surface area contributed by atoms with Gasteiger partial charge in [0.1, 0.15) is 11.2 Å². The lowest BCUT2D eigenvalue weighted by Gasteiger charge is -2.23. The second-order valence-electron chi connectivity index (χ2n) is 6.86. The number of rotatable bonds is 2. The molecule has 0 spiro atoms. The Hall–Kier alpha value is -2.09. The maximum Gasteiger partial charge on any atom is 0.566 e. The summed E-state index contributed by atoms with van der Waals surface area (Å²) in [6, 6.07) is 0. The highest BCUT2D eigenvalue weighted by Gasteiger charge is 2.43. The fraction of sp³-hybridized carbons (Fsp3) is 0.533. The van der Waals surface area contributed by atoms with E-state index in [0.29, 0.717) is 11.2 Å². The molecule has 1 aliphatic rings. The van der Waals surface area contributed by atoms with Crippen LogP contribution in [-0.2, 0) is 14.0 Å². The highest BCUT2D eigenvalue weighted by atomic mass is 16.7. The first-order valence-corrected chi connectivity index (χ1v) is 7.32. The lowest BCUT2D eigenvalue weighted by atomic mass is 9.81. The Morgan fingerprint density at radius 3 is 2.35 bits per heavy atom. The van der Waals surface area contributed by atoms with Gasteiger partial charge >= 0.3 is 13.2 Å². The molecule has 0 aliphatic carbocycles. The molecule has 1 aromatic heterocycles. The van der Waals surface area contributed by atoms with Crippen molar-refractivity contribution in [3.8, 4) is 0 Å². The number of hydrogen-bond acceptors (Lipinski definition) is 6. The van der Waals surface area contributed by atoms with Crippen molar-refractivity contribution < 1.29 is 18.8 Å². The van der Waals surface area contributed by atoms with Crippen LogP contribution in [0.3, 0.4) is 0 Å². The first-order valence-electron chi connectivity index (χ1n) is 7.32. The fourth-order valence-corrected chi connectivity index (χ4v) is 1.80. The molecule has 23 heavy (non-hydrogen) atoms. The maximum absolute atomic E-state index is 12.0. The minimum Gasteiger partial charge on any atom is -0.534 e. The van der Waals surface area contributed by atoms with E-state index in [1.807, 2.05) is 13.8 Å². The predicted molar refractivity (Wildman–Crippen MR) is 87.4 cm³/mol. The van der Waals surface area contributed by atoms with Crippen LogP contribution in [0, 0.1) is 0 Å². The van der Waals surface area contributed by atoms with Gasteiger partial charge in [-0.2, -0.15) is 0 Å². The normalized spacial score (nSPS) is 17.0. The number of ether oxygens (including phenoxy) is 1. The van der Waals surface area contributed by atoms with Crippen LogP contribution in [0.15, 0.2) is 24.7 Å². The topological polar surface area (TPSA) is 73.8 Å². The Balaban J connectivity index is 2.08. The lowest BCUT2D eigenvalue weighted by Crippen LogP contribution is -2.37. The number of nitrogens with zero attached hydrogens (tertiary/aromatic N) is 3. The SMILES string of the molecule is C=C1OB(c2cnc(N(C)C(=O)OC(C)(C)C)nc2)OC1(C)C. The van der Waals surface area contributed by atoms with Crippen molar-refractivity contribution in [1.29, 1.82) is 0 Å². The molecule has 2 heterocycles. The summed E-state index contributed by atoms with van der Waals surface area (Å²) < 4.78 is 16.6. The number of carbonyl (C=O) groups is 1. The molecule has 8 heteroatoms. The van der Waals surface area contributed by atoms with Crippen LogP contribution in [0.5, 0.6) is 0 Å². The molecule has 0 N–H and O–H groups in total. The molecule has 0 radical (unpaired) electrons. The van der Waals surface area contributed by atoms with E-state index in [1.165, 1.54) is 4.90 Å². The number of anilines is 1. The van der Waals surface area contributed by atoms with E-state index in [0.717, 1.165) is 0 Å². The highest BCUT2D eigenvalue weighted by molar-refractivity contribution is 6.62. The Labute approximate surface area is 136 Å². The molecule has 0 atom stereocenters. The van der Waals surface area contributed by atoms with E-state index in [1.54, 1.807) is 40.2 Å². The van der Waals surface area contributed by atoms with E-state index in [-0.39, 0.29) is 5.95 Å². The predicted octanol–water partition coefficient (Wildman–Crippen LogP) is 1.88. The van der Waals surface area contributed by atoms with Crippen LogP contribution in [0.2, 0.25) is 0 Å². The van der Waals surface area contributed by atoms with Gasteiger partial charge in [0.05, 0.1) is 5.76 Å². The minimum atomic E-state index is -0.599. The molecular weight excluding hydrogens is 297 g/mol. The van der Waals surface area contributed by atoms with Crippen LogP contribution >= 0.6 is 0 Å². The molecule has 1 aromatic rings. The molecule has 1 aliphatic heterocycles. The maximum atomic E-state index is 12.0. The number of carbonyl (C=O) groups excluding carboxylic acids is 1. The first-order chi connectivity index (χ1) is 10.5. The van der Waals surface area contributed by atoms with Gasteiger partial charge in [-0.05, 0) is 34.6 Å². The van der Waals surface area contributed by atoms with E-state index in [9.17, 15) is 4.79 Å². The molecule has 0 bridgehead atoms. The molecule has 0 aromatic carbocycles. The average molecular weight is 319 g/mol. The largest absolute Gasteiger partial charge is 0.566 e. The van der Waals surface area contributed by atoms with Crippen molar-refractivity contribution in [1.82, 2.24) is 9.97 Å². The highest BCUT2D eigenvalue weighted by Crippen LogP contribution is 2.28. The number of hydrogen-bond donors (Lipinski definition) is 0. The van der Waals surface area contributed by atoms with Crippen LogP contribution in [0.1, 0.15) is 34.6 Å². The van der Waals surface area contributed by atoms with Crippen molar-refractivity contribution in [3.63, 3.8) is 0 Å². The first kappa shape index (κ1) is 17.3. The number of amides is 1. The zero-order valence-corrected chi connectivity index (χ0v) is 14.4. The van der Waals surface area contributed by atoms with Gasteiger partial charge in [0.15, 0.2) is 0 Å². The Bertz CT molecular complexity index is 610. The molecule has 0 unspecified atom stereocenters. The van der Waals surface area contributed by atoms with Gasteiger partial charge in [0.25, 0.3) is 0 Å². The summed E-state index contributed by atoms with van der Waals surface area (Å²) in [6.45, 7) is 13.0. The smallest absolute Gasteiger partial charge is 0.534 e. The summed E-state index contributed by atoms with van der Waals surface area (Å²) in [5, 5.41) is 0. The third-order valence-electron chi connectivity index (χ3n) is 3.22. The molecule has 1 saturated heterocycles. The van der Waals surface area contributed by atoms with E-state index < -0.39 is 24.4 Å². The Morgan fingerprint density at radius 1 is 1.35 bits per heavy atom. The van der Waals surface area contributed by atoms with Crippen molar-refractivity contribution in [3.05, 3.63) is 24.7 Å². The zero-order valence-electron chi connectivity index (χ0n) is 14.4. The molecule has 0 saturated carbocycles. The Morgan fingerprint density at radius 2 is 1.91 bits per heavy atom. The molecule has 124 valence electrons. The second-order valence-corrected chi connectivity index (χ2v) is 6.86. The summed E-state index contributed by atoms with van der Waals surface area (Å²) in [6.07, 6.45) is 2.60. The molecule has 1 fully saturated rings. The summed E-state index contributed by atoms with van der Waals surface area (Å²) in [5.74, 6) is 0.788. The van der Waals surface area contributed by atoms with E-state index >= 15 is 0 Å². The average Bonchev–Trinajstić information content (AvgIpc) is 2.70. The van der Waals surface area contributed by atoms with E-state index in [4.69, 9.17) is 14.0 Å². The summed E-state index contributed by atoms with van der Waals surface area (Å²) >= 11 is 0. The van der Waals surface area contributed by atoms with Gasteiger partial charge in [0, 0.05) is 24.9 Å². The van der Waals surface area contributed by atoms with Crippen LogP contribution in [0.4, 0.5) is 10.7 Å².